The number of nitrogens with zero attached hydrogens (tertiary/aromatic N) is 2. The highest BCUT2D eigenvalue weighted by molar-refractivity contribution is 5.79. The molecule has 0 saturated carbocycles. The zero-order chi connectivity index (χ0) is 17.9. The number of methoxy groups -OCH3 is 1. The van der Waals surface area contributed by atoms with Crippen molar-refractivity contribution >= 4 is 5.96 Å². The second-order valence-electron chi connectivity index (χ2n) is 5.30. The van der Waals surface area contributed by atoms with Crippen molar-refractivity contribution < 1.29 is 9.47 Å². The van der Waals surface area contributed by atoms with Crippen LogP contribution in [0.1, 0.15) is 25.0 Å². The van der Waals surface area contributed by atoms with Gasteiger partial charge in [-0.05, 0) is 31.5 Å². The SMILES string of the molecule is CCNC(=NCc1ccnc(OC)c1)NCc1ccccc1OCC. The number of benzene rings is 1. The van der Waals surface area contributed by atoms with Crippen LogP contribution in [0.5, 0.6) is 11.6 Å². The van der Waals surface area contributed by atoms with Crippen LogP contribution in [-0.4, -0.2) is 31.2 Å². The predicted octanol–water partition coefficient (Wildman–Crippen LogP) is 2.74. The highest BCUT2D eigenvalue weighted by atomic mass is 16.5. The Labute approximate surface area is 149 Å². The smallest absolute Gasteiger partial charge is 0.213 e. The number of para-hydroxylation sites is 1. The lowest BCUT2D eigenvalue weighted by atomic mass is 10.2. The molecule has 2 aromatic rings. The number of pyridine rings is 1. The van der Waals surface area contributed by atoms with Crippen molar-refractivity contribution in [1.29, 1.82) is 0 Å². The van der Waals surface area contributed by atoms with Gasteiger partial charge in [0.05, 0.1) is 20.3 Å². The topological polar surface area (TPSA) is 67.8 Å². The predicted molar refractivity (Wildman–Crippen MR) is 100 cm³/mol. The second kappa shape index (κ2) is 10.2. The summed E-state index contributed by atoms with van der Waals surface area (Å²) in [4.78, 5) is 8.73. The first-order valence-corrected chi connectivity index (χ1v) is 8.48. The maximum absolute atomic E-state index is 5.66. The van der Waals surface area contributed by atoms with E-state index in [0.717, 1.165) is 29.4 Å². The maximum Gasteiger partial charge on any atom is 0.213 e. The number of hydrogen-bond donors (Lipinski definition) is 2. The lowest BCUT2D eigenvalue weighted by Gasteiger charge is -2.14. The van der Waals surface area contributed by atoms with Crippen LogP contribution in [0.2, 0.25) is 0 Å². The van der Waals surface area contributed by atoms with Gasteiger partial charge in [-0.25, -0.2) is 9.98 Å². The Balaban J connectivity index is 2.02. The summed E-state index contributed by atoms with van der Waals surface area (Å²) in [6, 6.07) is 11.8. The first-order chi connectivity index (χ1) is 12.3. The standard InChI is InChI=1S/C19H26N4O2/c1-4-20-19(22-13-15-10-11-21-18(12-15)24-3)23-14-16-8-6-7-9-17(16)25-5-2/h6-12H,4-5,13-14H2,1-3H3,(H2,20,22,23). The number of aromatic nitrogens is 1. The molecule has 1 heterocycles. The van der Waals surface area contributed by atoms with Crippen LogP contribution in [0.15, 0.2) is 47.6 Å². The molecule has 0 fully saturated rings. The van der Waals surface area contributed by atoms with Gasteiger partial charge in [-0.2, -0.15) is 0 Å². The molecule has 0 unspecified atom stereocenters. The van der Waals surface area contributed by atoms with Gasteiger partial charge in [0.1, 0.15) is 5.75 Å². The highest BCUT2D eigenvalue weighted by Gasteiger charge is 2.04. The molecular formula is C19H26N4O2. The fraction of sp³-hybridized carbons (Fsp3) is 0.368. The van der Waals surface area contributed by atoms with E-state index in [-0.39, 0.29) is 0 Å². The first kappa shape index (κ1) is 18.6. The Morgan fingerprint density at radius 2 is 2.00 bits per heavy atom. The molecule has 2 rings (SSSR count). The minimum Gasteiger partial charge on any atom is -0.494 e. The molecule has 1 aromatic heterocycles. The van der Waals surface area contributed by atoms with Gasteiger partial charge >= 0.3 is 0 Å². The monoisotopic (exact) mass is 342 g/mol. The Bertz CT molecular complexity index is 689. The normalized spacial score (nSPS) is 11.1. The number of ether oxygens (including phenoxy) is 2. The van der Waals surface area contributed by atoms with Gasteiger partial charge < -0.3 is 20.1 Å². The van der Waals surface area contributed by atoms with Crippen LogP contribution < -0.4 is 20.1 Å². The largest absolute Gasteiger partial charge is 0.494 e. The van der Waals surface area contributed by atoms with Gasteiger partial charge in [-0.1, -0.05) is 18.2 Å². The van der Waals surface area contributed by atoms with Gasteiger partial charge in [0.2, 0.25) is 5.88 Å². The number of nitrogens with one attached hydrogen (secondary N) is 2. The van der Waals surface area contributed by atoms with Crippen LogP contribution in [0.4, 0.5) is 0 Å². The zero-order valence-electron chi connectivity index (χ0n) is 15.1. The van der Waals surface area contributed by atoms with Crippen molar-refractivity contribution in [3.63, 3.8) is 0 Å². The maximum atomic E-state index is 5.66. The van der Waals surface area contributed by atoms with Crippen molar-refractivity contribution in [3.8, 4) is 11.6 Å². The molecular weight excluding hydrogens is 316 g/mol. The lowest BCUT2D eigenvalue weighted by Crippen LogP contribution is -2.36. The fourth-order valence-corrected chi connectivity index (χ4v) is 2.30. The quantitative estimate of drug-likeness (QED) is 0.570. The van der Waals surface area contributed by atoms with E-state index in [0.29, 0.717) is 25.6 Å². The van der Waals surface area contributed by atoms with Crippen LogP contribution in [0, 0.1) is 0 Å². The summed E-state index contributed by atoms with van der Waals surface area (Å²) < 4.78 is 10.8. The molecule has 0 saturated heterocycles. The fourth-order valence-electron chi connectivity index (χ4n) is 2.30. The highest BCUT2D eigenvalue weighted by Crippen LogP contribution is 2.17. The van der Waals surface area contributed by atoms with E-state index >= 15 is 0 Å². The Morgan fingerprint density at radius 1 is 1.16 bits per heavy atom. The zero-order valence-corrected chi connectivity index (χ0v) is 15.1. The van der Waals surface area contributed by atoms with Crippen LogP contribution in [-0.2, 0) is 13.1 Å². The molecule has 0 aliphatic rings. The van der Waals surface area contributed by atoms with Crippen LogP contribution in [0.3, 0.4) is 0 Å². The molecule has 25 heavy (non-hydrogen) atoms. The van der Waals surface area contributed by atoms with Gasteiger partial charge in [0.25, 0.3) is 0 Å². The first-order valence-electron chi connectivity index (χ1n) is 8.48. The molecule has 0 amide bonds. The van der Waals surface area contributed by atoms with Crippen molar-refractivity contribution in [2.75, 3.05) is 20.3 Å². The third-order valence-corrected chi connectivity index (χ3v) is 3.49. The molecule has 2 N–H and O–H groups in total. The van der Waals surface area contributed by atoms with E-state index in [4.69, 9.17) is 9.47 Å². The van der Waals surface area contributed by atoms with Crippen LogP contribution >= 0.6 is 0 Å². The Hall–Kier alpha value is -2.76. The average Bonchev–Trinajstić information content (AvgIpc) is 2.65. The minimum absolute atomic E-state index is 0.543. The van der Waals surface area contributed by atoms with E-state index in [2.05, 4.69) is 26.7 Å². The molecule has 0 bridgehead atoms. The summed E-state index contributed by atoms with van der Waals surface area (Å²) in [7, 11) is 1.61. The van der Waals surface area contributed by atoms with Gasteiger partial charge in [0.15, 0.2) is 5.96 Å². The third kappa shape index (κ3) is 5.99. The van der Waals surface area contributed by atoms with Gasteiger partial charge in [-0.3, -0.25) is 0 Å². The second-order valence-corrected chi connectivity index (χ2v) is 5.30. The summed E-state index contributed by atoms with van der Waals surface area (Å²) in [6.07, 6.45) is 1.72. The number of rotatable bonds is 8. The molecule has 0 aliphatic carbocycles. The van der Waals surface area contributed by atoms with E-state index in [1.807, 2.05) is 44.2 Å². The molecule has 6 nitrogen and oxygen atoms in total. The molecule has 0 radical (unpaired) electrons. The van der Waals surface area contributed by atoms with E-state index in [1.54, 1.807) is 13.3 Å². The van der Waals surface area contributed by atoms with E-state index in [1.165, 1.54) is 0 Å². The third-order valence-electron chi connectivity index (χ3n) is 3.49. The molecule has 0 aliphatic heterocycles. The summed E-state index contributed by atoms with van der Waals surface area (Å²) in [5, 5.41) is 6.60. The summed E-state index contributed by atoms with van der Waals surface area (Å²) in [5.74, 6) is 2.24. The number of aliphatic imine (C=N–C) groups is 1. The van der Waals surface area contributed by atoms with Gasteiger partial charge in [0, 0.05) is 30.9 Å². The summed E-state index contributed by atoms with van der Waals surface area (Å²) in [5.41, 5.74) is 2.14. The van der Waals surface area contributed by atoms with Crippen molar-refractivity contribution in [3.05, 3.63) is 53.7 Å². The Kier molecular flexibility index (Phi) is 7.56. The van der Waals surface area contributed by atoms with Crippen LogP contribution in [0.25, 0.3) is 0 Å². The lowest BCUT2D eigenvalue weighted by molar-refractivity contribution is 0.336. The minimum atomic E-state index is 0.543. The number of hydrogen-bond acceptors (Lipinski definition) is 4. The van der Waals surface area contributed by atoms with E-state index < -0.39 is 0 Å². The molecule has 0 atom stereocenters. The van der Waals surface area contributed by atoms with Crippen molar-refractivity contribution in [1.82, 2.24) is 15.6 Å². The Morgan fingerprint density at radius 3 is 2.76 bits per heavy atom. The summed E-state index contributed by atoms with van der Waals surface area (Å²) >= 11 is 0. The van der Waals surface area contributed by atoms with Gasteiger partial charge in [-0.15, -0.1) is 0 Å². The molecule has 1 aromatic carbocycles. The summed E-state index contributed by atoms with van der Waals surface area (Å²) in [6.45, 7) is 6.65. The van der Waals surface area contributed by atoms with E-state index in [9.17, 15) is 0 Å². The molecule has 6 heteroatoms. The number of guanidine groups is 1. The molecule has 0 spiro atoms. The average molecular weight is 342 g/mol. The van der Waals surface area contributed by atoms with Crippen molar-refractivity contribution in [2.24, 2.45) is 4.99 Å². The molecule has 134 valence electrons. The van der Waals surface area contributed by atoms with Crippen molar-refractivity contribution in [2.45, 2.75) is 26.9 Å².